The minimum atomic E-state index is -4.45. The summed E-state index contributed by atoms with van der Waals surface area (Å²) >= 11 is 0. The first kappa shape index (κ1) is 17.5. The number of imidazole rings is 1. The third kappa shape index (κ3) is 4.34. The van der Waals surface area contributed by atoms with Crippen molar-refractivity contribution in [3.63, 3.8) is 0 Å². The Kier molecular flexibility index (Phi) is 5.22. The van der Waals surface area contributed by atoms with E-state index in [-0.39, 0.29) is 30.3 Å². The molecule has 0 atom stereocenters. The highest BCUT2D eigenvalue weighted by Crippen LogP contribution is 2.30. The number of nitrogens with one attached hydrogen (secondary N) is 2. The van der Waals surface area contributed by atoms with Crippen LogP contribution < -0.4 is 10.6 Å². The van der Waals surface area contributed by atoms with Crippen molar-refractivity contribution in [2.24, 2.45) is 0 Å². The van der Waals surface area contributed by atoms with Crippen LogP contribution in [-0.2, 0) is 11.0 Å². The quantitative estimate of drug-likeness (QED) is 0.871. The summed E-state index contributed by atoms with van der Waals surface area (Å²) in [5.74, 6) is -0.727. The average molecular weight is 340 g/mol. The fourth-order valence-electron chi connectivity index (χ4n) is 1.93. The Morgan fingerprint density at radius 3 is 2.71 bits per heavy atom. The van der Waals surface area contributed by atoms with Gasteiger partial charge in [0, 0.05) is 31.9 Å². The lowest BCUT2D eigenvalue weighted by molar-refractivity contribution is -0.137. The van der Waals surface area contributed by atoms with Crippen LogP contribution in [0.1, 0.15) is 22.5 Å². The average Bonchev–Trinajstić information content (AvgIpc) is 3.04. The van der Waals surface area contributed by atoms with Gasteiger partial charge in [0.15, 0.2) is 0 Å². The highest BCUT2D eigenvalue weighted by atomic mass is 19.4. The fourth-order valence-corrected chi connectivity index (χ4v) is 1.93. The predicted molar refractivity (Wildman–Crippen MR) is 79.6 cm³/mol. The zero-order valence-corrected chi connectivity index (χ0v) is 12.7. The number of halogens is 3. The highest BCUT2D eigenvalue weighted by Gasteiger charge is 2.30. The second kappa shape index (κ2) is 7.16. The lowest BCUT2D eigenvalue weighted by atomic mass is 10.2. The summed E-state index contributed by atoms with van der Waals surface area (Å²) in [6, 6.07) is 4.69. The first-order chi connectivity index (χ1) is 11.3. The van der Waals surface area contributed by atoms with Gasteiger partial charge in [-0.25, -0.2) is 4.98 Å². The van der Waals surface area contributed by atoms with Gasteiger partial charge in [-0.15, -0.1) is 0 Å². The van der Waals surface area contributed by atoms with E-state index in [2.05, 4.69) is 15.6 Å². The third-order valence-electron chi connectivity index (χ3n) is 3.20. The predicted octanol–water partition coefficient (Wildman–Crippen LogP) is 1.76. The van der Waals surface area contributed by atoms with E-state index in [4.69, 9.17) is 0 Å². The molecule has 0 bridgehead atoms. The Morgan fingerprint density at radius 1 is 1.29 bits per heavy atom. The van der Waals surface area contributed by atoms with Crippen molar-refractivity contribution in [2.75, 3.05) is 13.6 Å². The van der Waals surface area contributed by atoms with Gasteiger partial charge >= 0.3 is 6.18 Å². The van der Waals surface area contributed by atoms with E-state index in [1.54, 1.807) is 0 Å². The van der Waals surface area contributed by atoms with E-state index in [1.165, 1.54) is 36.3 Å². The molecule has 1 aromatic heterocycles. The van der Waals surface area contributed by atoms with Crippen LogP contribution in [0.25, 0.3) is 5.69 Å². The van der Waals surface area contributed by atoms with Gasteiger partial charge in [-0.1, -0.05) is 6.07 Å². The molecule has 2 N–H and O–H groups in total. The maximum Gasteiger partial charge on any atom is 0.416 e. The van der Waals surface area contributed by atoms with Crippen LogP contribution in [0, 0.1) is 0 Å². The van der Waals surface area contributed by atoms with E-state index < -0.39 is 17.6 Å². The maximum absolute atomic E-state index is 12.7. The lowest BCUT2D eigenvalue weighted by Crippen LogP contribution is -2.29. The smallest absolute Gasteiger partial charge is 0.359 e. The van der Waals surface area contributed by atoms with Gasteiger partial charge in [0.1, 0.15) is 12.0 Å². The van der Waals surface area contributed by atoms with Crippen LogP contribution >= 0.6 is 0 Å². The topological polar surface area (TPSA) is 76.0 Å². The molecule has 0 saturated carbocycles. The van der Waals surface area contributed by atoms with E-state index >= 15 is 0 Å². The summed E-state index contributed by atoms with van der Waals surface area (Å²) in [5, 5.41) is 4.93. The second-order valence-corrected chi connectivity index (χ2v) is 4.89. The second-order valence-electron chi connectivity index (χ2n) is 4.89. The van der Waals surface area contributed by atoms with E-state index in [1.807, 2.05) is 0 Å². The molecule has 2 rings (SSSR count). The molecule has 9 heteroatoms. The molecule has 1 heterocycles. The molecular weight excluding hydrogens is 325 g/mol. The zero-order valence-electron chi connectivity index (χ0n) is 12.7. The van der Waals surface area contributed by atoms with E-state index in [0.29, 0.717) is 0 Å². The summed E-state index contributed by atoms with van der Waals surface area (Å²) < 4.78 is 39.5. The first-order valence-electron chi connectivity index (χ1n) is 7.01. The number of hydrogen-bond acceptors (Lipinski definition) is 3. The van der Waals surface area contributed by atoms with Gasteiger partial charge in [0.2, 0.25) is 5.91 Å². The number of benzene rings is 1. The summed E-state index contributed by atoms with van der Waals surface area (Å²) in [6.45, 7) is 0.134. The van der Waals surface area contributed by atoms with Crippen molar-refractivity contribution in [1.29, 1.82) is 0 Å². The van der Waals surface area contributed by atoms with Crippen LogP contribution in [0.3, 0.4) is 0 Å². The zero-order chi connectivity index (χ0) is 17.7. The Balaban J connectivity index is 2.08. The number of amides is 2. The van der Waals surface area contributed by atoms with Crippen LogP contribution in [0.15, 0.2) is 36.8 Å². The van der Waals surface area contributed by atoms with Crippen molar-refractivity contribution < 1.29 is 22.8 Å². The monoisotopic (exact) mass is 340 g/mol. The molecule has 128 valence electrons. The van der Waals surface area contributed by atoms with Crippen LogP contribution in [0.2, 0.25) is 0 Å². The molecule has 1 aromatic carbocycles. The van der Waals surface area contributed by atoms with Crippen molar-refractivity contribution in [2.45, 2.75) is 12.6 Å². The number of hydrogen-bond donors (Lipinski definition) is 2. The summed E-state index contributed by atoms with van der Waals surface area (Å²) in [5.41, 5.74) is -0.503. The Labute approximate surface area is 135 Å². The number of nitrogens with zero attached hydrogens (tertiary/aromatic N) is 2. The standard InChI is InChI=1S/C15H15F3N4O2/c1-19-13(23)5-6-20-14(24)12-8-22(9-21-12)11-4-2-3-10(7-11)15(16,17)18/h2-4,7-9H,5-6H2,1H3,(H,19,23)(H,20,24). The molecule has 0 saturated heterocycles. The van der Waals surface area contributed by atoms with Gasteiger partial charge < -0.3 is 15.2 Å². The molecule has 2 aromatic rings. The molecule has 0 spiro atoms. The molecule has 0 unspecified atom stereocenters. The Hall–Kier alpha value is -2.84. The summed E-state index contributed by atoms with van der Waals surface area (Å²) in [6.07, 6.45) is -1.75. The van der Waals surface area contributed by atoms with Crippen LogP contribution in [0.5, 0.6) is 0 Å². The summed E-state index contributed by atoms with van der Waals surface area (Å²) in [7, 11) is 1.49. The van der Waals surface area contributed by atoms with Crippen molar-refractivity contribution in [3.05, 3.63) is 48.0 Å². The third-order valence-corrected chi connectivity index (χ3v) is 3.20. The maximum atomic E-state index is 12.7. The van der Waals surface area contributed by atoms with Gasteiger partial charge in [0.25, 0.3) is 5.91 Å². The molecule has 2 amide bonds. The number of alkyl halides is 3. The minimum Gasteiger partial charge on any atom is -0.359 e. The van der Waals surface area contributed by atoms with Gasteiger partial charge in [-0.2, -0.15) is 13.2 Å². The number of carbonyl (C=O) groups excluding carboxylic acids is 2. The normalized spacial score (nSPS) is 11.2. The van der Waals surface area contributed by atoms with E-state index in [9.17, 15) is 22.8 Å². The molecule has 0 radical (unpaired) electrons. The van der Waals surface area contributed by atoms with E-state index in [0.717, 1.165) is 12.1 Å². The number of carbonyl (C=O) groups is 2. The lowest BCUT2D eigenvalue weighted by Gasteiger charge is -2.08. The highest BCUT2D eigenvalue weighted by molar-refractivity contribution is 5.92. The first-order valence-corrected chi connectivity index (χ1v) is 7.01. The molecule has 0 aliphatic carbocycles. The van der Waals surface area contributed by atoms with Crippen LogP contribution in [-0.4, -0.2) is 35.0 Å². The summed E-state index contributed by atoms with van der Waals surface area (Å²) in [4.78, 5) is 26.8. The minimum absolute atomic E-state index is 0.0457. The van der Waals surface area contributed by atoms with Crippen molar-refractivity contribution >= 4 is 11.8 Å². The Morgan fingerprint density at radius 2 is 2.04 bits per heavy atom. The molecule has 24 heavy (non-hydrogen) atoms. The molecule has 0 aliphatic rings. The van der Waals surface area contributed by atoms with Gasteiger partial charge in [-0.3, -0.25) is 9.59 Å². The molecule has 0 fully saturated rings. The molecular formula is C15H15F3N4O2. The Bertz CT molecular complexity index is 740. The fraction of sp³-hybridized carbons (Fsp3) is 0.267. The van der Waals surface area contributed by atoms with Gasteiger partial charge in [-0.05, 0) is 18.2 Å². The number of rotatable bonds is 5. The molecule has 0 aliphatic heterocycles. The largest absolute Gasteiger partial charge is 0.416 e. The van der Waals surface area contributed by atoms with Crippen molar-refractivity contribution in [1.82, 2.24) is 20.2 Å². The van der Waals surface area contributed by atoms with Crippen molar-refractivity contribution in [3.8, 4) is 5.69 Å². The van der Waals surface area contributed by atoms with Gasteiger partial charge in [0.05, 0.1) is 5.56 Å². The van der Waals surface area contributed by atoms with Crippen LogP contribution in [0.4, 0.5) is 13.2 Å². The molecule has 6 nitrogen and oxygen atoms in total. The number of aromatic nitrogens is 2. The SMILES string of the molecule is CNC(=O)CCNC(=O)c1cn(-c2cccc(C(F)(F)F)c2)cn1.